The Morgan fingerprint density at radius 2 is 2.16 bits per heavy atom. The Morgan fingerprint density at radius 3 is 2.89 bits per heavy atom. The second-order valence-electron chi connectivity index (χ2n) is 4.54. The van der Waals surface area contributed by atoms with E-state index in [0.29, 0.717) is 0 Å². The minimum atomic E-state index is 0.727. The van der Waals surface area contributed by atoms with Crippen LogP contribution in [0.25, 0.3) is 0 Å². The van der Waals surface area contributed by atoms with Crippen molar-refractivity contribution in [2.75, 3.05) is 11.9 Å². The Morgan fingerprint density at radius 1 is 1.32 bits per heavy atom. The van der Waals surface area contributed by atoms with Crippen LogP contribution < -0.4 is 11.1 Å². The topological polar surface area (TPSA) is 50.9 Å². The van der Waals surface area contributed by atoms with Gasteiger partial charge in [0, 0.05) is 16.4 Å². The van der Waals surface area contributed by atoms with Gasteiger partial charge in [-0.05, 0) is 71.6 Å². The molecule has 0 unspecified atom stereocenters. The molecular weight excluding hydrogens is 302 g/mol. The van der Waals surface area contributed by atoms with Crippen LogP contribution in [0.5, 0.6) is 0 Å². The number of anilines is 2. The second kappa shape index (κ2) is 6.68. The van der Waals surface area contributed by atoms with Crippen LogP contribution in [0.2, 0.25) is 0 Å². The Bertz CT molecular complexity index is 555. The second-order valence-corrected chi connectivity index (χ2v) is 5.39. The number of nitrogens with zero attached hydrogens (tertiary/aromatic N) is 1. The van der Waals surface area contributed by atoms with E-state index in [-0.39, 0.29) is 0 Å². The van der Waals surface area contributed by atoms with Crippen LogP contribution >= 0.6 is 15.9 Å². The molecule has 4 heteroatoms. The average Bonchev–Trinajstić information content (AvgIpc) is 2.41. The van der Waals surface area contributed by atoms with Gasteiger partial charge in [0.2, 0.25) is 0 Å². The van der Waals surface area contributed by atoms with Gasteiger partial charge in [-0.25, -0.2) is 4.98 Å². The summed E-state index contributed by atoms with van der Waals surface area (Å²) in [5.74, 6) is 0.858. The number of hydrogen-bond acceptors (Lipinski definition) is 3. The van der Waals surface area contributed by atoms with Gasteiger partial charge in [-0.3, -0.25) is 0 Å². The van der Waals surface area contributed by atoms with E-state index in [1.807, 2.05) is 18.3 Å². The number of halogens is 1. The molecule has 0 amide bonds. The molecule has 0 spiro atoms. The molecule has 1 aromatic heterocycles. The van der Waals surface area contributed by atoms with Gasteiger partial charge in [-0.1, -0.05) is 12.1 Å². The molecule has 2 rings (SSSR count). The lowest BCUT2D eigenvalue weighted by Gasteiger charge is -2.09. The predicted octanol–water partition coefficient (Wildman–Crippen LogP) is 3.79. The number of pyridine rings is 1. The van der Waals surface area contributed by atoms with E-state index in [1.54, 1.807) is 0 Å². The number of rotatable bonds is 5. The van der Waals surface area contributed by atoms with Crippen LogP contribution in [0.15, 0.2) is 41.0 Å². The van der Waals surface area contributed by atoms with Crippen molar-refractivity contribution in [2.45, 2.75) is 19.8 Å². The number of benzene rings is 1. The van der Waals surface area contributed by atoms with Crippen LogP contribution in [0.3, 0.4) is 0 Å². The average molecular weight is 320 g/mol. The van der Waals surface area contributed by atoms with E-state index in [9.17, 15) is 0 Å². The van der Waals surface area contributed by atoms with Crippen molar-refractivity contribution >= 4 is 27.4 Å². The molecule has 19 heavy (non-hydrogen) atoms. The Balaban J connectivity index is 2.11. The monoisotopic (exact) mass is 319 g/mol. The maximum atomic E-state index is 5.54. The first-order valence-electron chi connectivity index (χ1n) is 6.37. The lowest BCUT2D eigenvalue weighted by atomic mass is 10.1. The lowest BCUT2D eigenvalue weighted by Crippen LogP contribution is -2.01. The number of aromatic nitrogens is 1. The van der Waals surface area contributed by atoms with E-state index < -0.39 is 0 Å². The maximum absolute atomic E-state index is 5.54. The molecule has 0 saturated heterocycles. The third-order valence-corrected chi connectivity index (χ3v) is 3.75. The minimum Gasteiger partial charge on any atom is -0.340 e. The molecule has 2 aromatic rings. The third-order valence-electron chi connectivity index (χ3n) is 2.92. The van der Waals surface area contributed by atoms with Crippen molar-refractivity contribution in [3.8, 4) is 0 Å². The molecule has 100 valence electrons. The summed E-state index contributed by atoms with van der Waals surface area (Å²) in [6.07, 6.45) is 3.84. The minimum absolute atomic E-state index is 0.727. The summed E-state index contributed by atoms with van der Waals surface area (Å²) < 4.78 is 1.02. The predicted molar refractivity (Wildman–Crippen MR) is 83.8 cm³/mol. The van der Waals surface area contributed by atoms with E-state index in [4.69, 9.17) is 5.73 Å². The SMILES string of the molecule is Cc1cc(Nc2cccc(CCCN)c2)ncc1Br. The molecule has 3 nitrogen and oxygen atoms in total. The van der Waals surface area contributed by atoms with Crippen molar-refractivity contribution in [3.05, 3.63) is 52.1 Å². The first-order valence-corrected chi connectivity index (χ1v) is 7.16. The van der Waals surface area contributed by atoms with Crippen LogP contribution in [0.4, 0.5) is 11.5 Å². The fourth-order valence-corrected chi connectivity index (χ4v) is 2.08. The summed E-state index contributed by atoms with van der Waals surface area (Å²) in [7, 11) is 0. The highest BCUT2D eigenvalue weighted by Crippen LogP contribution is 2.21. The van der Waals surface area contributed by atoms with Gasteiger partial charge in [-0.15, -0.1) is 0 Å². The van der Waals surface area contributed by atoms with Gasteiger partial charge >= 0.3 is 0 Å². The van der Waals surface area contributed by atoms with Crippen LogP contribution in [0.1, 0.15) is 17.5 Å². The van der Waals surface area contributed by atoms with Crippen molar-refractivity contribution in [2.24, 2.45) is 5.73 Å². The van der Waals surface area contributed by atoms with Gasteiger partial charge in [0.15, 0.2) is 0 Å². The van der Waals surface area contributed by atoms with Gasteiger partial charge in [0.1, 0.15) is 5.82 Å². The number of nitrogens with two attached hydrogens (primary N) is 1. The molecule has 1 aromatic carbocycles. The van der Waals surface area contributed by atoms with E-state index in [2.05, 4.69) is 51.4 Å². The highest BCUT2D eigenvalue weighted by Gasteiger charge is 2.01. The summed E-state index contributed by atoms with van der Waals surface area (Å²) in [4.78, 5) is 4.35. The largest absolute Gasteiger partial charge is 0.340 e. The van der Waals surface area contributed by atoms with Gasteiger partial charge < -0.3 is 11.1 Å². The lowest BCUT2D eigenvalue weighted by molar-refractivity contribution is 0.833. The molecule has 0 atom stereocenters. The van der Waals surface area contributed by atoms with Gasteiger partial charge in [0.05, 0.1) is 0 Å². The first kappa shape index (κ1) is 14.0. The van der Waals surface area contributed by atoms with Crippen molar-refractivity contribution < 1.29 is 0 Å². The van der Waals surface area contributed by atoms with Crippen molar-refractivity contribution in [3.63, 3.8) is 0 Å². The van der Waals surface area contributed by atoms with Gasteiger partial charge in [0.25, 0.3) is 0 Å². The Labute approximate surface area is 122 Å². The zero-order valence-electron chi connectivity index (χ0n) is 11.0. The number of hydrogen-bond donors (Lipinski definition) is 2. The van der Waals surface area contributed by atoms with Crippen molar-refractivity contribution in [1.82, 2.24) is 4.98 Å². The van der Waals surface area contributed by atoms with Crippen LogP contribution in [-0.2, 0) is 6.42 Å². The molecule has 1 heterocycles. The molecule has 3 N–H and O–H groups in total. The summed E-state index contributed by atoms with van der Waals surface area (Å²) in [6.45, 7) is 2.78. The number of aryl methyl sites for hydroxylation is 2. The van der Waals surface area contributed by atoms with E-state index in [0.717, 1.165) is 40.9 Å². The quantitative estimate of drug-likeness (QED) is 0.881. The summed E-state index contributed by atoms with van der Waals surface area (Å²) in [5.41, 5.74) is 9.06. The zero-order valence-corrected chi connectivity index (χ0v) is 12.6. The fraction of sp³-hybridized carbons (Fsp3) is 0.267. The Hall–Kier alpha value is -1.39. The highest BCUT2D eigenvalue weighted by atomic mass is 79.9. The fourth-order valence-electron chi connectivity index (χ4n) is 1.87. The number of nitrogens with one attached hydrogen (secondary N) is 1. The molecule has 0 saturated carbocycles. The van der Waals surface area contributed by atoms with E-state index in [1.165, 1.54) is 5.56 Å². The molecule has 0 radical (unpaired) electrons. The zero-order chi connectivity index (χ0) is 13.7. The van der Waals surface area contributed by atoms with Crippen LogP contribution in [0, 0.1) is 6.92 Å². The summed E-state index contributed by atoms with van der Waals surface area (Å²) in [6, 6.07) is 10.4. The normalized spacial score (nSPS) is 10.5. The first-order chi connectivity index (χ1) is 9.19. The highest BCUT2D eigenvalue weighted by molar-refractivity contribution is 9.10. The third kappa shape index (κ3) is 4.04. The smallest absolute Gasteiger partial charge is 0.130 e. The maximum Gasteiger partial charge on any atom is 0.130 e. The molecule has 0 aliphatic rings. The van der Waals surface area contributed by atoms with Gasteiger partial charge in [-0.2, -0.15) is 0 Å². The van der Waals surface area contributed by atoms with Crippen molar-refractivity contribution in [1.29, 1.82) is 0 Å². The summed E-state index contributed by atoms with van der Waals surface area (Å²) >= 11 is 3.45. The molecule has 0 aliphatic carbocycles. The van der Waals surface area contributed by atoms with E-state index >= 15 is 0 Å². The summed E-state index contributed by atoms with van der Waals surface area (Å²) in [5, 5.41) is 3.33. The molecule has 0 bridgehead atoms. The Kier molecular flexibility index (Phi) is 4.93. The molecular formula is C15H18BrN3. The standard InChI is InChI=1S/C15H18BrN3/c1-11-8-15(18-10-14(11)16)19-13-6-2-4-12(9-13)5-3-7-17/h2,4,6,8-10H,3,5,7,17H2,1H3,(H,18,19). The molecule has 0 fully saturated rings. The molecule has 0 aliphatic heterocycles. The van der Waals surface area contributed by atoms with Crippen LogP contribution in [-0.4, -0.2) is 11.5 Å².